The Kier molecular flexibility index (Phi) is 13.0. The lowest BCUT2D eigenvalue weighted by Crippen LogP contribution is -2.55. The van der Waals surface area contributed by atoms with Gasteiger partial charge in [-0.3, -0.25) is 9.79 Å². The van der Waals surface area contributed by atoms with Crippen molar-refractivity contribution < 1.29 is 19.0 Å². The first-order valence-corrected chi connectivity index (χ1v) is 9.76. The van der Waals surface area contributed by atoms with E-state index in [0.717, 1.165) is 64.5 Å². The van der Waals surface area contributed by atoms with Crippen LogP contribution in [-0.4, -0.2) is 101 Å². The van der Waals surface area contributed by atoms with E-state index in [4.69, 9.17) is 19.2 Å². The molecule has 2 rings (SSSR count). The minimum absolute atomic E-state index is 0. The van der Waals surface area contributed by atoms with Crippen LogP contribution in [-0.2, 0) is 19.0 Å². The van der Waals surface area contributed by atoms with Crippen molar-refractivity contribution in [2.24, 2.45) is 4.99 Å². The van der Waals surface area contributed by atoms with Crippen LogP contribution in [0, 0.1) is 0 Å². The maximum absolute atomic E-state index is 12.4. The third kappa shape index (κ3) is 8.49. The van der Waals surface area contributed by atoms with Crippen molar-refractivity contribution in [1.29, 1.82) is 0 Å². The monoisotopic (exact) mass is 498 g/mol. The highest BCUT2D eigenvalue weighted by atomic mass is 127. The van der Waals surface area contributed by atoms with Gasteiger partial charge in [-0.15, -0.1) is 24.0 Å². The second-order valence-electron chi connectivity index (χ2n) is 6.51. The van der Waals surface area contributed by atoms with Crippen molar-refractivity contribution in [3.05, 3.63) is 0 Å². The number of carbonyl (C=O) groups is 1. The van der Waals surface area contributed by atoms with Crippen molar-refractivity contribution in [3.8, 4) is 0 Å². The fourth-order valence-corrected chi connectivity index (χ4v) is 3.14. The zero-order valence-corrected chi connectivity index (χ0v) is 19.0. The van der Waals surface area contributed by atoms with E-state index in [1.807, 2.05) is 4.90 Å². The van der Waals surface area contributed by atoms with Crippen LogP contribution in [0.2, 0.25) is 0 Å². The molecule has 0 aromatic rings. The van der Waals surface area contributed by atoms with Crippen LogP contribution in [0.15, 0.2) is 4.99 Å². The highest BCUT2D eigenvalue weighted by Crippen LogP contribution is 2.16. The second-order valence-corrected chi connectivity index (χ2v) is 6.51. The van der Waals surface area contributed by atoms with Crippen molar-refractivity contribution in [1.82, 2.24) is 15.1 Å². The van der Waals surface area contributed by atoms with Crippen molar-refractivity contribution >= 4 is 35.8 Å². The van der Waals surface area contributed by atoms with Crippen molar-refractivity contribution in [3.63, 3.8) is 0 Å². The van der Waals surface area contributed by atoms with E-state index < -0.39 is 0 Å². The topological polar surface area (TPSA) is 75.6 Å². The first-order chi connectivity index (χ1) is 12.8. The van der Waals surface area contributed by atoms with Gasteiger partial charge in [0.2, 0.25) is 0 Å². The molecule has 2 fully saturated rings. The quantitative estimate of drug-likeness (QED) is 0.221. The lowest BCUT2D eigenvalue weighted by Gasteiger charge is -2.37. The Morgan fingerprint density at radius 3 is 2.56 bits per heavy atom. The number of hydrogen-bond donors (Lipinski definition) is 1. The van der Waals surface area contributed by atoms with E-state index in [0.29, 0.717) is 26.4 Å². The number of methoxy groups -OCH3 is 1. The van der Waals surface area contributed by atoms with Gasteiger partial charge in [-0.25, -0.2) is 0 Å². The Bertz CT molecular complexity index is 439. The van der Waals surface area contributed by atoms with Gasteiger partial charge in [0.05, 0.1) is 13.2 Å². The molecule has 2 saturated heterocycles. The lowest BCUT2D eigenvalue weighted by atomic mass is 10.2. The normalized spacial score (nSPS) is 20.5. The number of carbonyl (C=O) groups excluding carboxylic acids is 1. The summed E-state index contributed by atoms with van der Waals surface area (Å²) < 4.78 is 15.9. The number of ether oxygens (including phenoxy) is 3. The third-order valence-electron chi connectivity index (χ3n) is 4.57. The summed E-state index contributed by atoms with van der Waals surface area (Å²) in [7, 11) is 1.67. The number of guanidine groups is 1. The molecule has 158 valence electrons. The summed E-state index contributed by atoms with van der Waals surface area (Å²) in [6.07, 6.45) is 2.51. The number of amides is 1. The molecule has 1 N–H and O–H groups in total. The van der Waals surface area contributed by atoms with Crippen LogP contribution in [0.1, 0.15) is 26.2 Å². The standard InChI is InChI=1S/C18H34N4O4.HI/c1-3-19-18(20-7-5-12-25-15-14-24-2)22-10-8-21(9-11-22)17(23)16-6-4-13-26-16;/h16H,3-15H2,1-2H3,(H,19,20);1H. The molecule has 1 unspecified atom stereocenters. The average Bonchev–Trinajstić information content (AvgIpc) is 3.21. The molecule has 0 aromatic carbocycles. The molecule has 0 radical (unpaired) electrons. The van der Waals surface area contributed by atoms with Gasteiger partial charge in [0.15, 0.2) is 5.96 Å². The van der Waals surface area contributed by atoms with Gasteiger partial charge in [-0.1, -0.05) is 0 Å². The molecule has 27 heavy (non-hydrogen) atoms. The summed E-state index contributed by atoms with van der Waals surface area (Å²) in [6, 6.07) is 0. The van der Waals surface area contributed by atoms with Gasteiger partial charge in [0, 0.05) is 59.6 Å². The van der Waals surface area contributed by atoms with Crippen molar-refractivity contribution in [2.75, 3.05) is 72.8 Å². The molecule has 2 aliphatic heterocycles. The molecule has 0 saturated carbocycles. The Balaban J connectivity index is 0.00000364. The molecule has 2 aliphatic rings. The minimum Gasteiger partial charge on any atom is -0.382 e. The molecule has 0 spiro atoms. The van der Waals surface area contributed by atoms with Crippen LogP contribution >= 0.6 is 24.0 Å². The SMILES string of the molecule is CCNC(=NCCCOCCOC)N1CCN(C(=O)C2CCCO2)CC1.I. The third-order valence-corrected chi connectivity index (χ3v) is 4.57. The van der Waals surface area contributed by atoms with E-state index in [1.165, 1.54) is 0 Å². The highest BCUT2D eigenvalue weighted by Gasteiger charge is 2.30. The number of nitrogens with one attached hydrogen (secondary N) is 1. The number of piperazine rings is 1. The summed E-state index contributed by atoms with van der Waals surface area (Å²) in [5, 5.41) is 3.35. The summed E-state index contributed by atoms with van der Waals surface area (Å²) in [6.45, 7) is 9.33. The van der Waals surface area contributed by atoms with Gasteiger partial charge in [-0.2, -0.15) is 0 Å². The summed E-state index contributed by atoms with van der Waals surface area (Å²) in [5.41, 5.74) is 0. The van der Waals surface area contributed by atoms with Crippen LogP contribution in [0.3, 0.4) is 0 Å². The maximum Gasteiger partial charge on any atom is 0.251 e. The largest absolute Gasteiger partial charge is 0.382 e. The molecule has 1 amide bonds. The van der Waals surface area contributed by atoms with Crippen molar-refractivity contribution in [2.45, 2.75) is 32.3 Å². The van der Waals surface area contributed by atoms with E-state index in [9.17, 15) is 4.79 Å². The van der Waals surface area contributed by atoms with E-state index in [1.54, 1.807) is 7.11 Å². The summed E-state index contributed by atoms with van der Waals surface area (Å²) >= 11 is 0. The first kappa shape index (κ1) is 24.4. The second kappa shape index (κ2) is 14.4. The van der Waals surface area contributed by atoms with Gasteiger partial charge < -0.3 is 29.3 Å². The van der Waals surface area contributed by atoms with E-state index in [-0.39, 0.29) is 36.0 Å². The number of hydrogen-bond acceptors (Lipinski definition) is 5. The Hall–Kier alpha value is -0.650. The molecule has 9 heteroatoms. The summed E-state index contributed by atoms with van der Waals surface area (Å²) in [5.74, 6) is 1.07. The highest BCUT2D eigenvalue weighted by molar-refractivity contribution is 14.0. The smallest absolute Gasteiger partial charge is 0.251 e. The van der Waals surface area contributed by atoms with Crippen LogP contribution in [0.4, 0.5) is 0 Å². The van der Waals surface area contributed by atoms with Crippen LogP contribution in [0.25, 0.3) is 0 Å². The average molecular weight is 498 g/mol. The fourth-order valence-electron chi connectivity index (χ4n) is 3.14. The molecular formula is C18H35IN4O4. The number of rotatable bonds is 9. The molecule has 0 bridgehead atoms. The Morgan fingerprint density at radius 1 is 1.19 bits per heavy atom. The Morgan fingerprint density at radius 2 is 1.93 bits per heavy atom. The van der Waals surface area contributed by atoms with Gasteiger partial charge >= 0.3 is 0 Å². The number of aliphatic imine (C=N–C) groups is 1. The fraction of sp³-hybridized carbons (Fsp3) is 0.889. The zero-order chi connectivity index (χ0) is 18.6. The summed E-state index contributed by atoms with van der Waals surface area (Å²) in [4.78, 5) is 21.3. The molecule has 1 atom stereocenters. The molecule has 0 aromatic heterocycles. The molecule has 0 aliphatic carbocycles. The van der Waals surface area contributed by atoms with Gasteiger partial charge in [-0.05, 0) is 26.2 Å². The Labute approximate surface area is 180 Å². The van der Waals surface area contributed by atoms with Gasteiger partial charge in [0.25, 0.3) is 5.91 Å². The van der Waals surface area contributed by atoms with E-state index >= 15 is 0 Å². The molecular weight excluding hydrogens is 463 g/mol. The number of nitrogens with zero attached hydrogens (tertiary/aromatic N) is 3. The minimum atomic E-state index is -0.221. The lowest BCUT2D eigenvalue weighted by molar-refractivity contribution is -0.142. The van der Waals surface area contributed by atoms with E-state index in [2.05, 4.69) is 17.1 Å². The zero-order valence-electron chi connectivity index (χ0n) is 16.7. The molecule has 2 heterocycles. The van der Waals surface area contributed by atoms with Crippen LogP contribution in [0.5, 0.6) is 0 Å². The predicted molar refractivity (Wildman–Crippen MR) is 116 cm³/mol. The van der Waals surface area contributed by atoms with Gasteiger partial charge in [0.1, 0.15) is 6.10 Å². The predicted octanol–water partition coefficient (Wildman–Crippen LogP) is 0.946. The van der Waals surface area contributed by atoms with Crippen LogP contribution < -0.4 is 5.32 Å². The number of halogens is 1. The molecule has 8 nitrogen and oxygen atoms in total. The maximum atomic E-state index is 12.4. The first-order valence-electron chi connectivity index (χ1n) is 9.76.